The van der Waals surface area contributed by atoms with Crippen molar-refractivity contribution in [2.75, 3.05) is 18.0 Å². The van der Waals surface area contributed by atoms with E-state index in [4.69, 9.17) is 17.4 Å². The Labute approximate surface area is 164 Å². The maximum atomic E-state index is 12.4. The summed E-state index contributed by atoms with van der Waals surface area (Å²) in [5.41, 5.74) is 4.18. The monoisotopic (exact) mass is 386 g/mol. The van der Waals surface area contributed by atoms with Crippen LogP contribution in [0.1, 0.15) is 29.8 Å². The van der Waals surface area contributed by atoms with Crippen LogP contribution in [0.2, 0.25) is 5.02 Å². The summed E-state index contributed by atoms with van der Waals surface area (Å²) < 4.78 is 0. The highest BCUT2D eigenvalue weighted by molar-refractivity contribution is 6.34. The van der Waals surface area contributed by atoms with Crippen molar-refractivity contribution in [2.24, 2.45) is 5.84 Å². The third-order valence-corrected chi connectivity index (χ3v) is 4.40. The Bertz CT molecular complexity index is 830. The Balaban J connectivity index is 2.27. The first-order valence-corrected chi connectivity index (χ1v) is 9.01. The van der Waals surface area contributed by atoms with E-state index in [9.17, 15) is 9.59 Å². The highest BCUT2D eigenvalue weighted by Gasteiger charge is 2.15. The normalized spacial score (nSPS) is 11.0. The number of nitrogens with one attached hydrogen (secondary N) is 2. The van der Waals surface area contributed by atoms with Gasteiger partial charge in [0, 0.05) is 18.8 Å². The van der Waals surface area contributed by atoms with Crippen molar-refractivity contribution in [2.45, 2.75) is 13.8 Å². The molecule has 0 fully saturated rings. The Kier molecular flexibility index (Phi) is 7.40. The van der Waals surface area contributed by atoms with Gasteiger partial charge in [-0.1, -0.05) is 35.9 Å². The van der Waals surface area contributed by atoms with E-state index in [1.54, 1.807) is 30.3 Å². The molecule has 0 radical (unpaired) electrons. The van der Waals surface area contributed by atoms with E-state index >= 15 is 0 Å². The van der Waals surface area contributed by atoms with Crippen molar-refractivity contribution in [1.29, 1.82) is 0 Å². The Morgan fingerprint density at radius 2 is 1.70 bits per heavy atom. The fourth-order valence-corrected chi connectivity index (χ4v) is 2.83. The van der Waals surface area contributed by atoms with Crippen LogP contribution in [0.25, 0.3) is 6.08 Å². The van der Waals surface area contributed by atoms with Gasteiger partial charge in [-0.25, -0.2) is 5.84 Å². The first-order valence-electron chi connectivity index (χ1n) is 8.63. The lowest BCUT2D eigenvalue weighted by Crippen LogP contribution is -2.38. The molecule has 142 valence electrons. The van der Waals surface area contributed by atoms with Crippen LogP contribution in [0.5, 0.6) is 0 Å². The van der Waals surface area contributed by atoms with Crippen molar-refractivity contribution >= 4 is 35.2 Å². The zero-order valence-electron chi connectivity index (χ0n) is 15.3. The largest absolute Gasteiger partial charge is 0.372 e. The second-order valence-electron chi connectivity index (χ2n) is 5.73. The molecule has 2 rings (SSSR count). The molecule has 0 aliphatic rings. The molecular formula is C20H23ClN4O2. The molecule has 0 spiro atoms. The van der Waals surface area contributed by atoms with E-state index in [0.717, 1.165) is 24.3 Å². The number of carbonyl (C=O) groups excluding carboxylic acids is 2. The minimum absolute atomic E-state index is 0.0259. The average molecular weight is 387 g/mol. The van der Waals surface area contributed by atoms with Crippen LogP contribution in [0.15, 0.2) is 54.2 Å². The quantitative estimate of drug-likeness (QED) is 0.295. The summed E-state index contributed by atoms with van der Waals surface area (Å²) in [7, 11) is 0. The maximum Gasteiger partial charge on any atom is 0.281 e. The topological polar surface area (TPSA) is 87.5 Å². The number of nitrogens with zero attached hydrogens (tertiary/aromatic N) is 1. The van der Waals surface area contributed by atoms with E-state index in [2.05, 4.69) is 24.1 Å². The molecule has 0 bridgehead atoms. The molecule has 7 heteroatoms. The van der Waals surface area contributed by atoms with Gasteiger partial charge in [0.2, 0.25) is 0 Å². The summed E-state index contributed by atoms with van der Waals surface area (Å²) in [6.45, 7) is 5.98. The number of anilines is 1. The van der Waals surface area contributed by atoms with Crippen molar-refractivity contribution < 1.29 is 9.59 Å². The van der Waals surface area contributed by atoms with Gasteiger partial charge in [0.1, 0.15) is 5.70 Å². The van der Waals surface area contributed by atoms with Crippen LogP contribution in [0.3, 0.4) is 0 Å². The number of hydrogen-bond donors (Lipinski definition) is 3. The first kappa shape index (κ1) is 20.5. The lowest BCUT2D eigenvalue weighted by atomic mass is 10.1. The lowest BCUT2D eigenvalue weighted by Gasteiger charge is -2.21. The van der Waals surface area contributed by atoms with Gasteiger partial charge in [0.05, 0.1) is 10.6 Å². The van der Waals surface area contributed by atoms with Gasteiger partial charge in [0.25, 0.3) is 11.8 Å². The molecular weight excluding hydrogens is 364 g/mol. The number of rotatable bonds is 7. The molecule has 27 heavy (non-hydrogen) atoms. The molecule has 0 unspecified atom stereocenters. The second-order valence-corrected chi connectivity index (χ2v) is 6.14. The molecule has 0 saturated heterocycles. The fourth-order valence-electron chi connectivity index (χ4n) is 2.61. The third-order valence-electron chi connectivity index (χ3n) is 4.08. The van der Waals surface area contributed by atoms with E-state index < -0.39 is 11.8 Å². The first-order chi connectivity index (χ1) is 13.0. The van der Waals surface area contributed by atoms with Crippen LogP contribution < -0.4 is 21.5 Å². The van der Waals surface area contributed by atoms with Gasteiger partial charge in [-0.2, -0.15) is 0 Å². The zero-order chi connectivity index (χ0) is 19.8. The van der Waals surface area contributed by atoms with Gasteiger partial charge in [0.15, 0.2) is 0 Å². The Morgan fingerprint density at radius 1 is 1.07 bits per heavy atom. The summed E-state index contributed by atoms with van der Waals surface area (Å²) in [5, 5.41) is 2.87. The lowest BCUT2D eigenvalue weighted by molar-refractivity contribution is -0.117. The summed E-state index contributed by atoms with van der Waals surface area (Å²) in [4.78, 5) is 26.7. The number of nitrogens with two attached hydrogens (primary N) is 1. The maximum absolute atomic E-state index is 12.4. The third kappa shape index (κ3) is 5.32. The van der Waals surface area contributed by atoms with E-state index in [1.165, 1.54) is 0 Å². The van der Waals surface area contributed by atoms with Gasteiger partial charge >= 0.3 is 0 Å². The second kappa shape index (κ2) is 9.75. The smallest absolute Gasteiger partial charge is 0.281 e. The van der Waals surface area contributed by atoms with Gasteiger partial charge in [-0.15, -0.1) is 0 Å². The van der Waals surface area contributed by atoms with Crippen LogP contribution >= 0.6 is 11.6 Å². The number of benzene rings is 2. The molecule has 0 heterocycles. The minimum Gasteiger partial charge on any atom is -0.372 e. The standard InChI is InChI=1S/C20H23ClN4O2/c1-3-25(4-2)15-11-9-14(10-12-15)13-18(20(27)24-22)23-19(26)16-7-5-6-8-17(16)21/h5-13H,3-4,22H2,1-2H3,(H,23,26)(H,24,27)/b18-13-. The molecule has 0 aromatic heterocycles. The van der Waals surface area contributed by atoms with Crippen LogP contribution in [0.4, 0.5) is 5.69 Å². The number of hydrogen-bond acceptors (Lipinski definition) is 4. The Morgan fingerprint density at radius 3 is 2.26 bits per heavy atom. The van der Waals surface area contributed by atoms with Crippen LogP contribution in [-0.4, -0.2) is 24.9 Å². The van der Waals surface area contributed by atoms with Gasteiger partial charge in [-0.05, 0) is 49.8 Å². The zero-order valence-corrected chi connectivity index (χ0v) is 16.1. The molecule has 0 aliphatic heterocycles. The fraction of sp³-hybridized carbons (Fsp3) is 0.200. The SMILES string of the molecule is CCN(CC)c1ccc(/C=C(\NC(=O)c2ccccc2Cl)C(=O)NN)cc1. The van der Waals surface area contributed by atoms with Crippen LogP contribution in [0, 0.1) is 0 Å². The molecule has 6 nitrogen and oxygen atoms in total. The summed E-state index contributed by atoms with van der Waals surface area (Å²) in [6.07, 6.45) is 1.56. The number of hydrazine groups is 1. The van der Waals surface area contributed by atoms with Gasteiger partial charge < -0.3 is 10.2 Å². The molecule has 0 saturated carbocycles. The van der Waals surface area contributed by atoms with E-state index in [-0.39, 0.29) is 11.3 Å². The van der Waals surface area contributed by atoms with Gasteiger partial charge in [-0.3, -0.25) is 15.0 Å². The summed E-state index contributed by atoms with van der Waals surface area (Å²) in [6, 6.07) is 14.3. The highest BCUT2D eigenvalue weighted by atomic mass is 35.5. The van der Waals surface area contributed by atoms with Crippen molar-refractivity contribution in [1.82, 2.24) is 10.7 Å². The predicted molar refractivity (Wildman–Crippen MR) is 109 cm³/mol. The van der Waals surface area contributed by atoms with Crippen molar-refractivity contribution in [3.63, 3.8) is 0 Å². The molecule has 2 aromatic rings. The summed E-state index contributed by atoms with van der Waals surface area (Å²) >= 11 is 6.04. The van der Waals surface area contributed by atoms with Crippen molar-refractivity contribution in [3.05, 3.63) is 70.4 Å². The molecule has 2 amide bonds. The number of halogens is 1. The number of carbonyl (C=O) groups is 2. The van der Waals surface area contributed by atoms with E-state index in [1.807, 2.05) is 29.7 Å². The average Bonchev–Trinajstić information content (AvgIpc) is 2.69. The number of amides is 2. The minimum atomic E-state index is -0.608. The van der Waals surface area contributed by atoms with E-state index in [0.29, 0.717) is 5.02 Å². The van der Waals surface area contributed by atoms with Crippen molar-refractivity contribution in [3.8, 4) is 0 Å². The molecule has 4 N–H and O–H groups in total. The highest BCUT2D eigenvalue weighted by Crippen LogP contribution is 2.18. The van der Waals surface area contributed by atoms with Crippen LogP contribution in [-0.2, 0) is 4.79 Å². The Hall–Kier alpha value is -2.83. The molecule has 0 aliphatic carbocycles. The molecule has 2 aromatic carbocycles. The predicted octanol–water partition coefficient (Wildman–Crippen LogP) is 2.95. The summed E-state index contributed by atoms with van der Waals surface area (Å²) in [5.74, 6) is 4.15. The molecule has 0 atom stereocenters.